The number of aryl methyl sites for hydroxylation is 4. The molecule has 0 spiro atoms. The number of aromatic nitrogens is 4. The summed E-state index contributed by atoms with van der Waals surface area (Å²) >= 11 is 0. The summed E-state index contributed by atoms with van der Waals surface area (Å²) in [6.07, 6.45) is 1.60. The van der Waals surface area contributed by atoms with E-state index in [4.69, 9.17) is 0 Å². The molecule has 0 aliphatic heterocycles. The van der Waals surface area contributed by atoms with E-state index in [2.05, 4.69) is 36.1 Å². The van der Waals surface area contributed by atoms with Gasteiger partial charge in [0.25, 0.3) is 5.56 Å². The first-order valence-corrected chi connectivity index (χ1v) is 8.58. The molecule has 0 atom stereocenters. The molecule has 0 bridgehead atoms. The average Bonchev–Trinajstić information content (AvgIpc) is 3.03. The lowest BCUT2D eigenvalue weighted by Crippen LogP contribution is -2.22. The van der Waals surface area contributed by atoms with Gasteiger partial charge in [0.1, 0.15) is 11.2 Å². The lowest BCUT2D eigenvalue weighted by molar-refractivity contribution is 0.858. The van der Waals surface area contributed by atoms with E-state index in [1.54, 1.807) is 15.4 Å². The van der Waals surface area contributed by atoms with Crippen molar-refractivity contribution in [2.45, 2.75) is 27.7 Å². The summed E-state index contributed by atoms with van der Waals surface area (Å²) in [5.41, 5.74) is 5.74. The van der Waals surface area contributed by atoms with Gasteiger partial charge in [-0.25, -0.2) is 9.67 Å². The third-order valence-corrected chi connectivity index (χ3v) is 4.80. The molecule has 0 radical (unpaired) electrons. The maximum Gasteiger partial charge on any atom is 0.269 e. The average molecular weight is 344 g/mol. The molecule has 0 fully saturated rings. The number of nitrogens with zero attached hydrogens (tertiary/aromatic N) is 4. The van der Waals surface area contributed by atoms with E-state index in [9.17, 15) is 4.79 Å². The summed E-state index contributed by atoms with van der Waals surface area (Å²) in [4.78, 5) is 17.8. The van der Waals surface area contributed by atoms with Crippen LogP contribution in [-0.2, 0) is 0 Å². The minimum absolute atomic E-state index is 0.105. The second-order valence-electron chi connectivity index (χ2n) is 6.70. The topological polar surface area (TPSA) is 52.7 Å². The first-order chi connectivity index (χ1) is 12.5. The minimum atomic E-state index is -0.105. The Morgan fingerprint density at radius 1 is 0.846 bits per heavy atom. The monoisotopic (exact) mass is 344 g/mol. The number of benzene rings is 2. The Balaban J connectivity index is 1.94. The van der Waals surface area contributed by atoms with E-state index in [0.29, 0.717) is 16.9 Å². The fraction of sp³-hybridized carbons (Fsp3) is 0.190. The third kappa shape index (κ3) is 2.52. The molecule has 2 heterocycles. The smallest absolute Gasteiger partial charge is 0.268 e. The van der Waals surface area contributed by atoms with E-state index < -0.39 is 0 Å². The molecule has 4 aromatic rings. The molecular formula is C21H20N4O. The summed E-state index contributed by atoms with van der Waals surface area (Å²) < 4.78 is 3.36. The second-order valence-corrected chi connectivity index (χ2v) is 6.70. The molecular weight excluding hydrogens is 324 g/mol. The Morgan fingerprint density at radius 3 is 2.23 bits per heavy atom. The van der Waals surface area contributed by atoms with Crippen LogP contribution < -0.4 is 5.56 Å². The summed E-state index contributed by atoms with van der Waals surface area (Å²) in [5.74, 6) is 0.636. The number of hydrogen-bond acceptors (Lipinski definition) is 3. The normalized spacial score (nSPS) is 11.2. The Kier molecular flexibility index (Phi) is 3.72. The van der Waals surface area contributed by atoms with Crippen LogP contribution in [-0.4, -0.2) is 19.3 Å². The molecule has 2 aromatic heterocycles. The van der Waals surface area contributed by atoms with Crippen molar-refractivity contribution in [3.63, 3.8) is 0 Å². The van der Waals surface area contributed by atoms with Crippen molar-refractivity contribution in [1.82, 2.24) is 19.3 Å². The van der Waals surface area contributed by atoms with Gasteiger partial charge in [0, 0.05) is 0 Å². The van der Waals surface area contributed by atoms with Crippen molar-refractivity contribution < 1.29 is 0 Å². The molecule has 0 saturated carbocycles. The summed E-state index contributed by atoms with van der Waals surface area (Å²) in [6, 6.07) is 14.0. The van der Waals surface area contributed by atoms with Gasteiger partial charge >= 0.3 is 0 Å². The lowest BCUT2D eigenvalue weighted by Gasteiger charge is -2.11. The van der Waals surface area contributed by atoms with Gasteiger partial charge in [-0.1, -0.05) is 23.8 Å². The third-order valence-electron chi connectivity index (χ3n) is 4.80. The SMILES string of the molecule is Cc1ccc(-n2c(C)nc3c(cnn3-c3ccc(C)c(C)c3)c2=O)cc1. The van der Waals surface area contributed by atoms with E-state index in [1.807, 2.05) is 44.2 Å². The van der Waals surface area contributed by atoms with Gasteiger partial charge in [0.2, 0.25) is 0 Å². The molecule has 0 unspecified atom stereocenters. The van der Waals surface area contributed by atoms with Crippen LogP contribution in [0.15, 0.2) is 53.5 Å². The molecule has 26 heavy (non-hydrogen) atoms. The van der Waals surface area contributed by atoms with E-state index in [-0.39, 0.29) is 5.56 Å². The van der Waals surface area contributed by atoms with Crippen LogP contribution in [0.1, 0.15) is 22.5 Å². The first-order valence-electron chi connectivity index (χ1n) is 8.58. The van der Waals surface area contributed by atoms with Gasteiger partial charge < -0.3 is 0 Å². The molecule has 5 nitrogen and oxygen atoms in total. The highest BCUT2D eigenvalue weighted by molar-refractivity contribution is 5.76. The molecule has 5 heteroatoms. The van der Waals surface area contributed by atoms with E-state index in [0.717, 1.165) is 16.9 Å². The Morgan fingerprint density at radius 2 is 1.54 bits per heavy atom. The van der Waals surface area contributed by atoms with Crippen LogP contribution in [0.5, 0.6) is 0 Å². The quantitative estimate of drug-likeness (QED) is 0.556. The van der Waals surface area contributed by atoms with Crippen LogP contribution in [0.2, 0.25) is 0 Å². The van der Waals surface area contributed by atoms with Crippen molar-refractivity contribution in [3.05, 3.63) is 81.5 Å². The van der Waals surface area contributed by atoms with Gasteiger partial charge in [-0.05, 0) is 63.1 Å². The van der Waals surface area contributed by atoms with Gasteiger partial charge in [0.05, 0.1) is 17.6 Å². The fourth-order valence-electron chi connectivity index (χ4n) is 3.12. The van der Waals surface area contributed by atoms with Gasteiger partial charge in [0.15, 0.2) is 5.65 Å². The zero-order valence-electron chi connectivity index (χ0n) is 15.3. The van der Waals surface area contributed by atoms with Crippen LogP contribution in [0.3, 0.4) is 0 Å². The zero-order valence-corrected chi connectivity index (χ0v) is 15.3. The summed E-state index contributed by atoms with van der Waals surface area (Å²) in [5, 5.41) is 4.94. The largest absolute Gasteiger partial charge is 0.269 e. The molecule has 0 N–H and O–H groups in total. The molecule has 4 rings (SSSR count). The second kappa shape index (κ2) is 5.95. The van der Waals surface area contributed by atoms with Crippen molar-refractivity contribution in [1.29, 1.82) is 0 Å². The Labute approximate surface area is 151 Å². The van der Waals surface area contributed by atoms with Crippen LogP contribution >= 0.6 is 0 Å². The van der Waals surface area contributed by atoms with E-state index in [1.165, 1.54) is 11.1 Å². The van der Waals surface area contributed by atoms with Crippen molar-refractivity contribution in [2.75, 3.05) is 0 Å². The zero-order chi connectivity index (χ0) is 18.4. The molecule has 0 aliphatic carbocycles. The van der Waals surface area contributed by atoms with Crippen LogP contribution in [0.4, 0.5) is 0 Å². The van der Waals surface area contributed by atoms with Crippen molar-refractivity contribution in [2.24, 2.45) is 0 Å². The van der Waals surface area contributed by atoms with E-state index >= 15 is 0 Å². The fourth-order valence-corrected chi connectivity index (χ4v) is 3.12. The predicted octanol–water partition coefficient (Wildman–Crippen LogP) is 3.81. The number of hydrogen-bond donors (Lipinski definition) is 0. The Bertz CT molecular complexity index is 1180. The molecule has 130 valence electrons. The number of fused-ring (bicyclic) bond motifs is 1. The molecule has 0 aliphatic rings. The summed E-state index contributed by atoms with van der Waals surface area (Å²) in [7, 11) is 0. The highest BCUT2D eigenvalue weighted by atomic mass is 16.1. The highest BCUT2D eigenvalue weighted by Crippen LogP contribution is 2.19. The standard InChI is InChI=1S/C21H20N4O/c1-13-5-8-17(9-6-13)24-16(4)23-20-19(21(24)26)12-22-25(20)18-10-7-14(2)15(3)11-18/h5-12H,1-4H3. The van der Waals surface area contributed by atoms with Gasteiger partial charge in [-0.3, -0.25) is 9.36 Å². The van der Waals surface area contributed by atoms with Crippen molar-refractivity contribution >= 4 is 11.0 Å². The van der Waals surface area contributed by atoms with Gasteiger partial charge in [-0.2, -0.15) is 5.10 Å². The molecule has 2 aromatic carbocycles. The van der Waals surface area contributed by atoms with Crippen molar-refractivity contribution in [3.8, 4) is 11.4 Å². The summed E-state index contributed by atoms with van der Waals surface area (Å²) in [6.45, 7) is 8.00. The maximum atomic E-state index is 13.1. The first kappa shape index (κ1) is 16.3. The van der Waals surface area contributed by atoms with Crippen LogP contribution in [0, 0.1) is 27.7 Å². The minimum Gasteiger partial charge on any atom is -0.268 e. The lowest BCUT2D eigenvalue weighted by atomic mass is 10.1. The number of rotatable bonds is 2. The molecule has 0 saturated heterocycles. The Hall–Kier alpha value is -3.21. The van der Waals surface area contributed by atoms with Gasteiger partial charge in [-0.15, -0.1) is 0 Å². The van der Waals surface area contributed by atoms with Crippen LogP contribution in [0.25, 0.3) is 22.4 Å². The predicted molar refractivity (Wildman–Crippen MR) is 103 cm³/mol. The molecule has 0 amide bonds. The highest BCUT2D eigenvalue weighted by Gasteiger charge is 2.15. The maximum absolute atomic E-state index is 13.1.